The molecule has 1 aromatic carbocycles. The van der Waals surface area contributed by atoms with Crippen LogP contribution in [0.15, 0.2) is 30.3 Å². The van der Waals surface area contributed by atoms with E-state index in [0.29, 0.717) is 25.9 Å². The highest BCUT2D eigenvalue weighted by atomic mass is 28.4. The molecule has 0 saturated heterocycles. The third-order valence-corrected chi connectivity index (χ3v) is 6.81. The Kier molecular flexibility index (Phi) is 10.4. The summed E-state index contributed by atoms with van der Waals surface area (Å²) >= 11 is 0. The quantitative estimate of drug-likeness (QED) is 0.557. The van der Waals surface area contributed by atoms with Gasteiger partial charge in [-0.25, -0.2) is 0 Å². The molecule has 0 aromatic heterocycles. The summed E-state index contributed by atoms with van der Waals surface area (Å²) in [7, 11) is -2.50. The van der Waals surface area contributed by atoms with Gasteiger partial charge in [-0.3, -0.25) is 0 Å². The zero-order valence-corrected chi connectivity index (χ0v) is 16.1. The maximum absolute atomic E-state index is 5.90. The fraction of sp³-hybridized carbons (Fsp3) is 0.667. The molecular weight excluding hydrogens is 306 g/mol. The van der Waals surface area contributed by atoms with Crippen molar-refractivity contribution in [3.8, 4) is 0 Å². The van der Waals surface area contributed by atoms with E-state index in [1.54, 1.807) is 0 Å². The van der Waals surface area contributed by atoms with Gasteiger partial charge in [0, 0.05) is 31.9 Å². The Labute approximate surface area is 142 Å². The molecule has 0 spiro atoms. The van der Waals surface area contributed by atoms with E-state index in [-0.39, 0.29) is 0 Å². The summed E-state index contributed by atoms with van der Waals surface area (Å²) in [5.41, 5.74) is 1.37. The fourth-order valence-corrected chi connectivity index (χ4v) is 5.39. The van der Waals surface area contributed by atoms with Gasteiger partial charge in [-0.2, -0.15) is 0 Å². The van der Waals surface area contributed by atoms with Crippen LogP contribution in [-0.2, 0) is 19.7 Å². The smallest absolute Gasteiger partial charge is 0.374 e. The third kappa shape index (κ3) is 8.08. The summed E-state index contributed by atoms with van der Waals surface area (Å²) in [4.78, 5) is 0. The van der Waals surface area contributed by atoms with Crippen molar-refractivity contribution in [3.63, 3.8) is 0 Å². The van der Waals surface area contributed by atoms with E-state index >= 15 is 0 Å². The van der Waals surface area contributed by atoms with Crippen LogP contribution in [0.4, 0.5) is 0 Å². The number of nitrogens with one attached hydrogen (secondary N) is 1. The second-order valence-corrected chi connectivity index (χ2v) is 8.34. The number of rotatable bonds is 13. The molecule has 1 atom stereocenters. The summed E-state index contributed by atoms with van der Waals surface area (Å²) < 4.78 is 17.7. The van der Waals surface area contributed by atoms with Gasteiger partial charge in [-0.1, -0.05) is 30.3 Å². The van der Waals surface area contributed by atoms with Crippen molar-refractivity contribution < 1.29 is 13.3 Å². The number of hydrogen-bond acceptors (Lipinski definition) is 4. The minimum Gasteiger partial charge on any atom is -0.374 e. The molecule has 5 heteroatoms. The van der Waals surface area contributed by atoms with Gasteiger partial charge in [0.05, 0.1) is 0 Å². The normalized spacial score (nSPS) is 13.2. The monoisotopic (exact) mass is 339 g/mol. The molecular formula is C18H33NO3Si. The Morgan fingerprint density at radius 2 is 1.52 bits per heavy atom. The average molecular weight is 340 g/mol. The van der Waals surface area contributed by atoms with Gasteiger partial charge in [0.15, 0.2) is 0 Å². The highest BCUT2D eigenvalue weighted by Gasteiger charge is 2.40. The lowest BCUT2D eigenvalue weighted by atomic mass is 10.1. The van der Waals surface area contributed by atoms with Crippen molar-refractivity contribution in [1.29, 1.82) is 0 Å². The standard InChI is InChI=1S/C18H33NO3Si/c1-5-20-23(21-6-2,22-7-3)16-14-17(4)19-15-13-18-11-9-8-10-12-18/h8-12,17,19H,5-7,13-16H2,1-4H3. The van der Waals surface area contributed by atoms with Gasteiger partial charge in [0.2, 0.25) is 0 Å². The topological polar surface area (TPSA) is 39.7 Å². The predicted octanol–water partition coefficient (Wildman–Crippen LogP) is 3.65. The van der Waals surface area contributed by atoms with Crippen LogP contribution in [0.2, 0.25) is 6.04 Å². The second-order valence-electron chi connectivity index (χ2n) is 5.61. The maximum atomic E-state index is 5.90. The zero-order valence-electron chi connectivity index (χ0n) is 15.1. The highest BCUT2D eigenvalue weighted by molar-refractivity contribution is 6.60. The van der Waals surface area contributed by atoms with Crippen LogP contribution in [-0.4, -0.2) is 41.2 Å². The van der Waals surface area contributed by atoms with Gasteiger partial charge >= 0.3 is 8.80 Å². The number of hydrogen-bond donors (Lipinski definition) is 1. The van der Waals surface area contributed by atoms with Crippen LogP contribution < -0.4 is 5.32 Å². The Hall–Kier alpha value is -0.723. The van der Waals surface area contributed by atoms with E-state index in [9.17, 15) is 0 Å². The van der Waals surface area contributed by atoms with E-state index in [0.717, 1.165) is 25.4 Å². The number of benzene rings is 1. The Morgan fingerprint density at radius 1 is 0.957 bits per heavy atom. The van der Waals surface area contributed by atoms with Crippen molar-refractivity contribution >= 4 is 8.80 Å². The first-order valence-corrected chi connectivity index (χ1v) is 10.8. The molecule has 23 heavy (non-hydrogen) atoms. The van der Waals surface area contributed by atoms with Crippen molar-refractivity contribution in [2.24, 2.45) is 0 Å². The van der Waals surface area contributed by atoms with Gasteiger partial charge in [0.25, 0.3) is 0 Å². The molecule has 0 amide bonds. The van der Waals surface area contributed by atoms with Crippen molar-refractivity contribution in [3.05, 3.63) is 35.9 Å². The molecule has 0 aliphatic heterocycles. The van der Waals surface area contributed by atoms with Crippen LogP contribution in [0.3, 0.4) is 0 Å². The molecule has 132 valence electrons. The second kappa shape index (κ2) is 11.8. The molecule has 0 aliphatic rings. The molecule has 0 radical (unpaired) electrons. The lowest BCUT2D eigenvalue weighted by molar-refractivity contribution is 0.0701. The SMILES string of the molecule is CCO[Si](CCC(C)NCCc1ccccc1)(OCC)OCC. The minimum absolute atomic E-state index is 0.423. The van der Waals surface area contributed by atoms with Crippen LogP contribution in [0, 0.1) is 0 Å². The molecule has 0 fully saturated rings. The van der Waals surface area contributed by atoms with Crippen LogP contribution in [0.25, 0.3) is 0 Å². The first-order valence-electron chi connectivity index (χ1n) is 8.85. The van der Waals surface area contributed by atoms with Crippen molar-refractivity contribution in [1.82, 2.24) is 5.32 Å². The molecule has 1 unspecified atom stereocenters. The molecule has 0 aliphatic carbocycles. The first-order chi connectivity index (χ1) is 11.2. The predicted molar refractivity (Wildman–Crippen MR) is 97.7 cm³/mol. The van der Waals surface area contributed by atoms with Gasteiger partial charge in [-0.15, -0.1) is 0 Å². The van der Waals surface area contributed by atoms with Crippen molar-refractivity contribution in [2.45, 2.75) is 52.6 Å². The molecule has 1 aromatic rings. The average Bonchev–Trinajstić information content (AvgIpc) is 2.55. The van der Waals surface area contributed by atoms with E-state index in [2.05, 4.69) is 42.6 Å². The molecule has 0 heterocycles. The minimum atomic E-state index is -2.50. The van der Waals surface area contributed by atoms with Gasteiger partial charge in [0.1, 0.15) is 0 Å². The van der Waals surface area contributed by atoms with Crippen LogP contribution in [0.5, 0.6) is 0 Å². The van der Waals surface area contributed by atoms with Crippen LogP contribution in [0.1, 0.15) is 39.7 Å². The lowest BCUT2D eigenvalue weighted by Gasteiger charge is -2.29. The van der Waals surface area contributed by atoms with E-state index in [1.165, 1.54) is 5.56 Å². The molecule has 1 rings (SSSR count). The van der Waals surface area contributed by atoms with Gasteiger partial charge < -0.3 is 18.6 Å². The first kappa shape index (κ1) is 20.3. The summed E-state index contributed by atoms with van der Waals surface area (Å²) in [6.07, 6.45) is 2.05. The summed E-state index contributed by atoms with van der Waals surface area (Å²) in [5.74, 6) is 0. The Balaban J connectivity index is 2.37. The third-order valence-electron chi connectivity index (χ3n) is 3.73. The highest BCUT2D eigenvalue weighted by Crippen LogP contribution is 2.19. The van der Waals surface area contributed by atoms with E-state index in [1.807, 2.05) is 20.8 Å². The van der Waals surface area contributed by atoms with Gasteiger partial charge in [-0.05, 0) is 52.6 Å². The largest absolute Gasteiger partial charge is 0.500 e. The summed E-state index contributed by atoms with van der Waals surface area (Å²) in [6, 6.07) is 11.9. The molecule has 0 saturated carbocycles. The fourth-order valence-electron chi connectivity index (χ4n) is 2.60. The molecule has 4 nitrogen and oxygen atoms in total. The molecule has 0 bridgehead atoms. The zero-order chi connectivity index (χ0) is 17.0. The lowest BCUT2D eigenvalue weighted by Crippen LogP contribution is -2.47. The maximum Gasteiger partial charge on any atom is 0.500 e. The summed E-state index contributed by atoms with van der Waals surface area (Å²) in [6.45, 7) is 11.1. The molecule has 1 N–H and O–H groups in total. The van der Waals surface area contributed by atoms with E-state index < -0.39 is 8.80 Å². The van der Waals surface area contributed by atoms with E-state index in [4.69, 9.17) is 13.3 Å². The Bertz CT molecular complexity index is 385. The van der Waals surface area contributed by atoms with Crippen molar-refractivity contribution in [2.75, 3.05) is 26.4 Å². The van der Waals surface area contributed by atoms with Crippen LogP contribution >= 0.6 is 0 Å². The Morgan fingerprint density at radius 3 is 2.04 bits per heavy atom. The summed E-state index contributed by atoms with van der Waals surface area (Å²) in [5, 5.41) is 3.59.